The number of hydrogen-bond donors (Lipinski definition) is 0. The molecule has 0 aromatic heterocycles. The van der Waals surface area contributed by atoms with Gasteiger partial charge < -0.3 is 14.5 Å². The monoisotopic (exact) mass is 463 g/mol. The Morgan fingerprint density at radius 2 is 1.47 bits per heavy atom. The van der Waals surface area contributed by atoms with E-state index >= 15 is 0 Å². The lowest BCUT2D eigenvalue weighted by Gasteiger charge is -2.36. The number of piperazine rings is 1. The third-order valence-electron chi connectivity index (χ3n) is 6.70. The highest BCUT2D eigenvalue weighted by atomic mass is 16.6. The summed E-state index contributed by atoms with van der Waals surface area (Å²) in [7, 11) is 1.47. The fourth-order valence-corrected chi connectivity index (χ4v) is 4.69. The molecule has 2 heterocycles. The largest absolute Gasteiger partial charge is 0.450 e. The molecule has 1 unspecified atom stereocenters. The van der Waals surface area contributed by atoms with Gasteiger partial charge in [0.05, 0.1) is 12.0 Å². The molecule has 2 saturated heterocycles. The molecule has 0 bridgehead atoms. The molecular formula is C26H29N3O5. The fourth-order valence-electron chi connectivity index (χ4n) is 4.69. The molecule has 2 fully saturated rings. The second kappa shape index (κ2) is 9.67. The maximum absolute atomic E-state index is 13.3. The molecule has 0 N–H and O–H groups in total. The van der Waals surface area contributed by atoms with E-state index in [1.165, 1.54) is 7.05 Å². The summed E-state index contributed by atoms with van der Waals surface area (Å²) in [5, 5.41) is 0. The summed E-state index contributed by atoms with van der Waals surface area (Å²) in [6.07, 6.45) is -0.518. The van der Waals surface area contributed by atoms with Crippen molar-refractivity contribution in [2.75, 3.05) is 39.8 Å². The van der Waals surface area contributed by atoms with E-state index in [9.17, 15) is 19.2 Å². The molecule has 4 rings (SSSR count). The summed E-state index contributed by atoms with van der Waals surface area (Å²) in [5.74, 6) is -0.854. The molecule has 0 aliphatic carbocycles. The first-order valence-corrected chi connectivity index (χ1v) is 11.5. The second-order valence-electron chi connectivity index (χ2n) is 8.70. The molecule has 0 spiro atoms. The van der Waals surface area contributed by atoms with E-state index in [1.807, 2.05) is 54.6 Å². The highest BCUT2D eigenvalue weighted by Gasteiger charge is 2.53. The van der Waals surface area contributed by atoms with Crippen LogP contribution < -0.4 is 0 Å². The number of likely N-dealkylation sites (N-methyl/N-ethyl adjacent to an activating group) is 1. The number of amides is 4. The maximum Gasteiger partial charge on any atom is 0.409 e. The quantitative estimate of drug-likeness (QED) is 0.637. The highest BCUT2D eigenvalue weighted by Crippen LogP contribution is 2.40. The van der Waals surface area contributed by atoms with Gasteiger partial charge in [-0.15, -0.1) is 0 Å². The first-order chi connectivity index (χ1) is 16.4. The van der Waals surface area contributed by atoms with E-state index in [2.05, 4.69) is 0 Å². The molecule has 0 saturated carbocycles. The van der Waals surface area contributed by atoms with Crippen molar-refractivity contribution in [1.82, 2.24) is 14.7 Å². The van der Waals surface area contributed by atoms with E-state index in [1.54, 1.807) is 16.7 Å². The lowest BCUT2D eigenvalue weighted by molar-refractivity contribution is -0.142. The van der Waals surface area contributed by atoms with Crippen molar-refractivity contribution in [2.45, 2.75) is 25.2 Å². The Hall–Kier alpha value is -3.68. The van der Waals surface area contributed by atoms with Crippen LogP contribution in [0, 0.1) is 0 Å². The van der Waals surface area contributed by atoms with E-state index < -0.39 is 5.41 Å². The van der Waals surface area contributed by atoms with Crippen LogP contribution in [0.3, 0.4) is 0 Å². The minimum Gasteiger partial charge on any atom is -0.450 e. The van der Waals surface area contributed by atoms with Gasteiger partial charge >= 0.3 is 6.09 Å². The van der Waals surface area contributed by atoms with Gasteiger partial charge in [-0.05, 0) is 23.6 Å². The first-order valence-electron chi connectivity index (χ1n) is 11.5. The normalized spacial score (nSPS) is 20.6. The lowest BCUT2D eigenvalue weighted by Crippen LogP contribution is -2.52. The third-order valence-corrected chi connectivity index (χ3v) is 6.70. The van der Waals surface area contributed by atoms with E-state index in [-0.39, 0.29) is 36.7 Å². The predicted octanol–water partition coefficient (Wildman–Crippen LogP) is 2.67. The van der Waals surface area contributed by atoms with Crippen molar-refractivity contribution in [3.63, 3.8) is 0 Å². The van der Waals surface area contributed by atoms with E-state index in [0.29, 0.717) is 38.3 Å². The number of likely N-dealkylation sites (tertiary alicyclic amines) is 1. The average Bonchev–Trinajstić information content (AvgIpc) is 3.09. The van der Waals surface area contributed by atoms with Crippen molar-refractivity contribution in [1.29, 1.82) is 0 Å². The Morgan fingerprint density at radius 3 is 2.03 bits per heavy atom. The zero-order chi connectivity index (χ0) is 24.3. The van der Waals surface area contributed by atoms with Crippen LogP contribution >= 0.6 is 0 Å². The topological polar surface area (TPSA) is 87.2 Å². The molecule has 2 aromatic carbocycles. The van der Waals surface area contributed by atoms with Crippen LogP contribution in [-0.2, 0) is 24.5 Å². The van der Waals surface area contributed by atoms with Gasteiger partial charge in [-0.3, -0.25) is 19.3 Å². The average molecular weight is 464 g/mol. The maximum atomic E-state index is 13.3. The molecule has 4 amide bonds. The van der Waals surface area contributed by atoms with Crippen LogP contribution in [-0.4, -0.2) is 78.3 Å². The van der Waals surface area contributed by atoms with Gasteiger partial charge in [-0.25, -0.2) is 4.79 Å². The number of carbonyl (C=O) groups excluding carboxylic acids is 4. The minimum atomic E-state index is -1.23. The van der Waals surface area contributed by atoms with Crippen LogP contribution in [0.15, 0.2) is 54.6 Å². The highest BCUT2D eigenvalue weighted by molar-refractivity contribution is 6.10. The fraction of sp³-hybridized carbons (Fsp3) is 0.385. The van der Waals surface area contributed by atoms with Crippen LogP contribution in [0.4, 0.5) is 4.79 Å². The van der Waals surface area contributed by atoms with Gasteiger partial charge in [0.2, 0.25) is 17.7 Å². The minimum absolute atomic E-state index is 0.0401. The predicted molar refractivity (Wildman–Crippen MR) is 126 cm³/mol. The Bertz CT molecular complexity index is 1080. The van der Waals surface area contributed by atoms with Crippen LogP contribution in [0.25, 0.3) is 11.1 Å². The van der Waals surface area contributed by atoms with E-state index in [0.717, 1.165) is 16.0 Å². The summed E-state index contributed by atoms with van der Waals surface area (Å²) in [6.45, 7) is 3.51. The Morgan fingerprint density at radius 1 is 0.882 bits per heavy atom. The summed E-state index contributed by atoms with van der Waals surface area (Å²) < 4.78 is 5.03. The smallest absolute Gasteiger partial charge is 0.409 e. The second-order valence-corrected chi connectivity index (χ2v) is 8.70. The van der Waals surface area contributed by atoms with Crippen molar-refractivity contribution in [3.8, 4) is 11.1 Å². The SMILES string of the molecule is CCOC(=O)N1CCN(C(=O)CC2(c3ccc(-c4ccccc4)cc3)CC(=O)N(C)C2=O)CC1. The van der Waals surface area contributed by atoms with E-state index in [4.69, 9.17) is 4.74 Å². The number of nitrogens with zero attached hydrogens (tertiary/aromatic N) is 3. The zero-order valence-electron chi connectivity index (χ0n) is 19.5. The Kier molecular flexibility index (Phi) is 6.68. The summed E-state index contributed by atoms with van der Waals surface area (Å²) >= 11 is 0. The number of benzene rings is 2. The molecule has 2 aliphatic heterocycles. The Labute approximate surface area is 199 Å². The molecular weight excluding hydrogens is 434 g/mol. The summed E-state index contributed by atoms with van der Waals surface area (Å²) in [5.41, 5.74) is 1.47. The number of carbonyl (C=O) groups is 4. The van der Waals surface area contributed by atoms with Crippen LogP contribution in [0.5, 0.6) is 0 Å². The molecule has 8 heteroatoms. The number of hydrogen-bond acceptors (Lipinski definition) is 5. The van der Waals surface area contributed by atoms with Crippen molar-refractivity contribution in [2.24, 2.45) is 0 Å². The summed E-state index contributed by atoms with van der Waals surface area (Å²) in [4.78, 5) is 55.4. The number of ether oxygens (including phenoxy) is 1. The molecule has 2 aromatic rings. The van der Waals surface area contributed by atoms with Crippen LogP contribution in [0.1, 0.15) is 25.3 Å². The van der Waals surface area contributed by atoms with Crippen molar-refractivity contribution >= 4 is 23.8 Å². The van der Waals surface area contributed by atoms with Gasteiger partial charge in [0, 0.05) is 46.1 Å². The Balaban J connectivity index is 1.54. The first kappa shape index (κ1) is 23.5. The van der Waals surface area contributed by atoms with Gasteiger partial charge in [-0.1, -0.05) is 54.6 Å². The molecule has 0 radical (unpaired) electrons. The number of imide groups is 1. The van der Waals surface area contributed by atoms with Gasteiger partial charge in [0.15, 0.2) is 0 Å². The molecule has 34 heavy (non-hydrogen) atoms. The standard InChI is InChI=1S/C26H29N3O5/c1-3-34-25(33)29-15-13-28(14-16-29)23(31)18-26(17-22(30)27(2)24(26)32)21-11-9-20(10-12-21)19-7-5-4-6-8-19/h4-12H,3,13-18H2,1-2H3. The molecule has 8 nitrogen and oxygen atoms in total. The van der Waals surface area contributed by atoms with Gasteiger partial charge in [0.1, 0.15) is 0 Å². The molecule has 178 valence electrons. The van der Waals surface area contributed by atoms with Crippen molar-refractivity contribution in [3.05, 3.63) is 60.2 Å². The number of rotatable bonds is 5. The third kappa shape index (κ3) is 4.40. The molecule has 1 atom stereocenters. The molecule has 2 aliphatic rings. The zero-order valence-corrected chi connectivity index (χ0v) is 19.5. The van der Waals surface area contributed by atoms with Crippen molar-refractivity contribution < 1.29 is 23.9 Å². The van der Waals surface area contributed by atoms with Gasteiger partial charge in [-0.2, -0.15) is 0 Å². The van der Waals surface area contributed by atoms with Crippen LogP contribution in [0.2, 0.25) is 0 Å². The van der Waals surface area contributed by atoms with Gasteiger partial charge in [0.25, 0.3) is 0 Å². The lowest BCUT2D eigenvalue weighted by atomic mass is 9.75. The summed E-state index contributed by atoms with van der Waals surface area (Å²) in [6, 6.07) is 17.4.